The summed E-state index contributed by atoms with van der Waals surface area (Å²) < 4.78 is 5.48. The van der Waals surface area contributed by atoms with Crippen LogP contribution in [0.3, 0.4) is 0 Å². The summed E-state index contributed by atoms with van der Waals surface area (Å²) in [5, 5.41) is 0. The second kappa shape index (κ2) is 10.6. The van der Waals surface area contributed by atoms with Gasteiger partial charge in [-0.15, -0.1) is 0 Å². The second-order valence-corrected chi connectivity index (χ2v) is 5.16. The van der Waals surface area contributed by atoms with Gasteiger partial charge in [-0.2, -0.15) is 0 Å². The third-order valence-electron chi connectivity index (χ3n) is 3.50. The highest BCUT2D eigenvalue weighted by Crippen LogP contribution is 2.22. The summed E-state index contributed by atoms with van der Waals surface area (Å²) in [4.78, 5) is 4.22. The van der Waals surface area contributed by atoms with Gasteiger partial charge >= 0.3 is 0 Å². The van der Waals surface area contributed by atoms with E-state index in [-0.39, 0.29) is 6.04 Å². The van der Waals surface area contributed by atoms with Gasteiger partial charge in [0.05, 0.1) is 12.8 Å². The Kier molecular flexibility index (Phi) is 9.00. The first-order chi connectivity index (χ1) is 9.81. The van der Waals surface area contributed by atoms with Crippen LogP contribution in [-0.4, -0.2) is 11.6 Å². The Morgan fingerprint density at radius 2 is 1.90 bits per heavy atom. The number of aromatic nitrogens is 1. The molecule has 0 saturated carbocycles. The van der Waals surface area contributed by atoms with E-state index < -0.39 is 0 Å². The molecule has 1 unspecified atom stereocenters. The van der Waals surface area contributed by atoms with Crippen molar-refractivity contribution in [3.63, 3.8) is 0 Å². The topological polar surface area (TPSA) is 60.2 Å². The normalized spacial score (nSPS) is 12.3. The summed E-state index contributed by atoms with van der Waals surface area (Å²) in [6.07, 6.45) is 12.4. The molecule has 1 aromatic rings. The smallest absolute Gasteiger partial charge is 0.137 e. The van der Waals surface area contributed by atoms with Crippen molar-refractivity contribution in [3.8, 4) is 5.75 Å². The van der Waals surface area contributed by atoms with Crippen LogP contribution in [-0.2, 0) is 0 Å². The number of nitrogens with two attached hydrogens (primary N) is 1. The summed E-state index contributed by atoms with van der Waals surface area (Å²) in [6, 6.07) is 2.19. The SMILES string of the molecule is CCCCCCCCC(NN)c1cncc(OCC)c1. The minimum Gasteiger partial charge on any atom is -0.492 e. The first-order valence-corrected chi connectivity index (χ1v) is 7.85. The zero-order valence-electron chi connectivity index (χ0n) is 12.9. The molecule has 4 nitrogen and oxygen atoms in total. The minimum absolute atomic E-state index is 0.161. The van der Waals surface area contributed by atoms with Crippen molar-refractivity contribution in [2.24, 2.45) is 5.84 Å². The number of hydrazine groups is 1. The van der Waals surface area contributed by atoms with E-state index in [0.717, 1.165) is 17.7 Å². The highest BCUT2D eigenvalue weighted by molar-refractivity contribution is 5.25. The third kappa shape index (κ3) is 6.35. The quantitative estimate of drug-likeness (QED) is 0.368. The van der Waals surface area contributed by atoms with Crippen LogP contribution in [0, 0.1) is 0 Å². The van der Waals surface area contributed by atoms with Crippen molar-refractivity contribution in [2.45, 2.75) is 64.8 Å². The maximum absolute atomic E-state index is 5.67. The lowest BCUT2D eigenvalue weighted by Crippen LogP contribution is -2.28. The highest BCUT2D eigenvalue weighted by atomic mass is 16.5. The maximum Gasteiger partial charge on any atom is 0.137 e. The molecular formula is C16H29N3O. The van der Waals surface area contributed by atoms with Gasteiger partial charge in [-0.3, -0.25) is 16.3 Å². The molecule has 1 aromatic heterocycles. The molecule has 20 heavy (non-hydrogen) atoms. The fraction of sp³-hybridized carbons (Fsp3) is 0.688. The van der Waals surface area contributed by atoms with Gasteiger partial charge in [0.2, 0.25) is 0 Å². The number of hydrogen-bond donors (Lipinski definition) is 2. The van der Waals surface area contributed by atoms with E-state index in [0.29, 0.717) is 6.61 Å². The molecule has 0 bridgehead atoms. The molecule has 0 saturated heterocycles. The molecule has 3 N–H and O–H groups in total. The lowest BCUT2D eigenvalue weighted by molar-refractivity contribution is 0.337. The molecule has 0 radical (unpaired) electrons. The fourth-order valence-electron chi connectivity index (χ4n) is 2.35. The number of unbranched alkanes of at least 4 members (excludes halogenated alkanes) is 5. The molecule has 0 amide bonds. The molecular weight excluding hydrogens is 250 g/mol. The molecule has 0 aromatic carbocycles. The van der Waals surface area contributed by atoms with Crippen molar-refractivity contribution in [2.75, 3.05) is 6.61 Å². The monoisotopic (exact) mass is 279 g/mol. The molecule has 0 aliphatic heterocycles. The third-order valence-corrected chi connectivity index (χ3v) is 3.50. The molecule has 1 heterocycles. The van der Waals surface area contributed by atoms with Crippen LogP contribution in [0.25, 0.3) is 0 Å². The lowest BCUT2D eigenvalue weighted by Gasteiger charge is -2.16. The zero-order valence-corrected chi connectivity index (χ0v) is 12.9. The molecule has 1 rings (SSSR count). The number of rotatable bonds is 11. The van der Waals surface area contributed by atoms with Crippen LogP contribution >= 0.6 is 0 Å². The lowest BCUT2D eigenvalue weighted by atomic mass is 10.0. The molecule has 114 valence electrons. The molecule has 1 atom stereocenters. The van der Waals surface area contributed by atoms with E-state index in [2.05, 4.69) is 17.3 Å². The number of nitrogens with one attached hydrogen (secondary N) is 1. The van der Waals surface area contributed by atoms with E-state index in [4.69, 9.17) is 10.6 Å². The predicted octanol–water partition coefficient (Wildman–Crippen LogP) is 3.74. The second-order valence-electron chi connectivity index (χ2n) is 5.16. The molecule has 0 aliphatic carbocycles. The Bertz CT molecular complexity index is 357. The van der Waals surface area contributed by atoms with Crippen molar-refractivity contribution in [3.05, 3.63) is 24.0 Å². The summed E-state index contributed by atoms with van der Waals surface area (Å²) in [5.41, 5.74) is 4.00. The largest absolute Gasteiger partial charge is 0.492 e. The van der Waals surface area contributed by atoms with Gasteiger partial charge < -0.3 is 4.74 Å². The van der Waals surface area contributed by atoms with E-state index in [9.17, 15) is 0 Å². The van der Waals surface area contributed by atoms with Gasteiger partial charge in [-0.05, 0) is 25.0 Å². The van der Waals surface area contributed by atoms with Crippen LogP contribution in [0.15, 0.2) is 18.5 Å². The van der Waals surface area contributed by atoms with Crippen molar-refractivity contribution in [1.29, 1.82) is 0 Å². The highest BCUT2D eigenvalue weighted by Gasteiger charge is 2.10. The Labute approximate surface area is 123 Å². The van der Waals surface area contributed by atoms with Crippen LogP contribution in [0.1, 0.15) is 70.4 Å². The van der Waals surface area contributed by atoms with Gasteiger partial charge in [0.1, 0.15) is 5.75 Å². The standard InChI is InChI=1S/C16H29N3O/c1-3-5-6-7-8-9-10-16(19-17)14-11-15(20-4-2)13-18-12-14/h11-13,16,19H,3-10,17H2,1-2H3. The number of nitrogens with zero attached hydrogens (tertiary/aromatic N) is 1. The Hall–Kier alpha value is -1.13. The molecule has 4 heteroatoms. The van der Waals surface area contributed by atoms with E-state index >= 15 is 0 Å². The van der Waals surface area contributed by atoms with E-state index in [1.807, 2.05) is 19.2 Å². The molecule has 0 aliphatic rings. The Balaban J connectivity index is 2.39. The van der Waals surface area contributed by atoms with Gasteiger partial charge in [-0.1, -0.05) is 45.4 Å². The Morgan fingerprint density at radius 3 is 2.60 bits per heavy atom. The van der Waals surface area contributed by atoms with Crippen molar-refractivity contribution < 1.29 is 4.74 Å². The summed E-state index contributed by atoms with van der Waals surface area (Å²) in [6.45, 7) is 4.87. The van der Waals surface area contributed by atoms with E-state index in [1.165, 1.54) is 38.5 Å². The van der Waals surface area contributed by atoms with Gasteiger partial charge in [0.15, 0.2) is 0 Å². The minimum atomic E-state index is 0.161. The van der Waals surface area contributed by atoms with Crippen LogP contribution in [0.4, 0.5) is 0 Å². The average Bonchev–Trinajstić information content (AvgIpc) is 2.47. The molecule has 0 spiro atoms. The summed E-state index contributed by atoms with van der Waals surface area (Å²) in [5.74, 6) is 6.49. The van der Waals surface area contributed by atoms with Crippen molar-refractivity contribution >= 4 is 0 Å². The maximum atomic E-state index is 5.67. The van der Waals surface area contributed by atoms with Gasteiger partial charge in [0, 0.05) is 12.2 Å². The van der Waals surface area contributed by atoms with Crippen LogP contribution < -0.4 is 16.0 Å². The first-order valence-electron chi connectivity index (χ1n) is 7.85. The number of ether oxygens (including phenoxy) is 1. The average molecular weight is 279 g/mol. The van der Waals surface area contributed by atoms with Crippen molar-refractivity contribution in [1.82, 2.24) is 10.4 Å². The Morgan fingerprint density at radius 1 is 1.15 bits per heavy atom. The first kappa shape index (κ1) is 16.9. The van der Waals surface area contributed by atoms with Crippen LogP contribution in [0.2, 0.25) is 0 Å². The van der Waals surface area contributed by atoms with E-state index in [1.54, 1.807) is 6.20 Å². The van der Waals surface area contributed by atoms with Crippen LogP contribution in [0.5, 0.6) is 5.75 Å². The number of pyridine rings is 1. The predicted molar refractivity (Wildman–Crippen MR) is 83.5 cm³/mol. The van der Waals surface area contributed by atoms with Gasteiger partial charge in [-0.25, -0.2) is 0 Å². The van der Waals surface area contributed by atoms with Gasteiger partial charge in [0.25, 0.3) is 0 Å². The summed E-state index contributed by atoms with van der Waals surface area (Å²) >= 11 is 0. The number of hydrogen-bond acceptors (Lipinski definition) is 4. The molecule has 0 fully saturated rings. The fourth-order valence-corrected chi connectivity index (χ4v) is 2.35. The summed E-state index contributed by atoms with van der Waals surface area (Å²) in [7, 11) is 0. The zero-order chi connectivity index (χ0) is 14.6.